The summed E-state index contributed by atoms with van der Waals surface area (Å²) < 4.78 is 7.14. The lowest BCUT2D eigenvalue weighted by atomic mass is 10.2. The predicted molar refractivity (Wildman–Crippen MR) is 110 cm³/mol. The zero-order valence-electron chi connectivity index (χ0n) is 13.5. The van der Waals surface area contributed by atoms with Crippen molar-refractivity contribution in [2.45, 2.75) is 6.92 Å². The van der Waals surface area contributed by atoms with Crippen molar-refractivity contribution in [3.05, 3.63) is 56.5 Å². The molecule has 9 heteroatoms. The number of rotatable bonds is 5. The molecule has 2 aromatic rings. The van der Waals surface area contributed by atoms with Crippen molar-refractivity contribution in [3.63, 3.8) is 0 Å². The van der Waals surface area contributed by atoms with Crippen LogP contribution >= 0.6 is 44.1 Å². The third-order valence-corrected chi connectivity index (χ3v) is 4.45. The largest absolute Gasteiger partial charge is 0.482 e. The molecule has 1 amide bonds. The molecule has 0 aliphatic heterocycles. The van der Waals surface area contributed by atoms with Crippen LogP contribution in [0.25, 0.3) is 0 Å². The second-order valence-electron chi connectivity index (χ2n) is 5.18. The highest BCUT2D eigenvalue weighted by molar-refractivity contribution is 9.11. The van der Waals surface area contributed by atoms with Gasteiger partial charge in [0.05, 0.1) is 15.7 Å². The number of carboxylic acid groups (broad SMARTS) is 1. The van der Waals surface area contributed by atoms with Crippen molar-refractivity contribution in [2.24, 2.45) is 0 Å². The van der Waals surface area contributed by atoms with E-state index in [1.807, 2.05) is 19.1 Å². The highest BCUT2D eigenvalue weighted by Gasteiger charge is 2.13. The molecule has 2 aromatic carbocycles. The van der Waals surface area contributed by atoms with Gasteiger partial charge in [-0.15, -0.1) is 0 Å². The van der Waals surface area contributed by atoms with Crippen LogP contribution < -0.4 is 15.4 Å². The average Bonchev–Trinajstić information content (AvgIpc) is 2.53. The Morgan fingerprint density at radius 1 is 1.23 bits per heavy atom. The maximum Gasteiger partial charge on any atom is 0.337 e. The maximum atomic E-state index is 12.0. The molecule has 136 valence electrons. The average molecular weight is 502 g/mol. The molecule has 0 saturated heterocycles. The van der Waals surface area contributed by atoms with E-state index in [1.54, 1.807) is 18.2 Å². The zero-order chi connectivity index (χ0) is 19.3. The monoisotopic (exact) mass is 500 g/mol. The molecule has 2 rings (SSSR count). The van der Waals surface area contributed by atoms with Gasteiger partial charge in [0, 0.05) is 4.47 Å². The molecule has 0 aliphatic carbocycles. The van der Waals surface area contributed by atoms with Crippen LogP contribution in [0, 0.1) is 6.92 Å². The standard InChI is InChI=1S/C17H14Br2N2O4S/c1-9-6-10(18)7-12(19)15(9)25-8-14(22)21-17(26)20-13-5-3-2-4-11(13)16(23)24/h2-7H,8H2,1H3,(H,23,24)(H2,20,21,22,26). The van der Waals surface area contributed by atoms with Gasteiger partial charge in [0.25, 0.3) is 5.91 Å². The Kier molecular flexibility index (Phi) is 7.13. The number of ether oxygens (including phenoxy) is 1. The summed E-state index contributed by atoms with van der Waals surface area (Å²) in [4.78, 5) is 23.2. The van der Waals surface area contributed by atoms with E-state index in [0.29, 0.717) is 10.2 Å². The molecule has 0 aliphatic rings. The van der Waals surface area contributed by atoms with Gasteiger partial charge >= 0.3 is 5.97 Å². The first kappa shape index (κ1) is 20.3. The number of thiocarbonyl (C=S) groups is 1. The summed E-state index contributed by atoms with van der Waals surface area (Å²) in [6, 6.07) is 9.94. The molecule has 26 heavy (non-hydrogen) atoms. The van der Waals surface area contributed by atoms with Crippen LogP contribution in [-0.2, 0) is 4.79 Å². The van der Waals surface area contributed by atoms with E-state index in [9.17, 15) is 9.59 Å². The summed E-state index contributed by atoms with van der Waals surface area (Å²) in [5.74, 6) is -1.01. The number of amides is 1. The number of anilines is 1. The summed E-state index contributed by atoms with van der Waals surface area (Å²) in [6.07, 6.45) is 0. The quantitative estimate of drug-likeness (QED) is 0.534. The number of nitrogens with one attached hydrogen (secondary N) is 2. The minimum absolute atomic E-state index is 0.0149. The lowest BCUT2D eigenvalue weighted by molar-refractivity contribution is -0.121. The molecule has 0 fully saturated rings. The number of carboxylic acids is 1. The minimum Gasteiger partial charge on any atom is -0.482 e. The van der Waals surface area contributed by atoms with Gasteiger partial charge in [-0.1, -0.05) is 28.1 Å². The first-order valence-electron chi connectivity index (χ1n) is 7.29. The first-order chi connectivity index (χ1) is 12.3. The summed E-state index contributed by atoms with van der Waals surface area (Å²) in [6.45, 7) is 1.61. The fourth-order valence-electron chi connectivity index (χ4n) is 2.10. The Hall–Kier alpha value is -1.97. The van der Waals surface area contributed by atoms with Gasteiger partial charge in [-0.25, -0.2) is 4.79 Å². The van der Waals surface area contributed by atoms with Crippen molar-refractivity contribution in [1.29, 1.82) is 0 Å². The minimum atomic E-state index is -1.10. The summed E-state index contributed by atoms with van der Waals surface area (Å²) in [7, 11) is 0. The molecule has 0 bridgehead atoms. The van der Waals surface area contributed by atoms with Gasteiger partial charge in [0.15, 0.2) is 11.7 Å². The second-order valence-corrected chi connectivity index (χ2v) is 7.35. The van der Waals surface area contributed by atoms with Crippen LogP contribution in [0.5, 0.6) is 5.75 Å². The lowest BCUT2D eigenvalue weighted by Gasteiger charge is -2.13. The number of para-hydroxylation sites is 1. The Morgan fingerprint density at radius 2 is 1.92 bits per heavy atom. The van der Waals surface area contributed by atoms with Crippen LogP contribution in [-0.4, -0.2) is 28.7 Å². The van der Waals surface area contributed by atoms with Crippen LogP contribution in [0.1, 0.15) is 15.9 Å². The number of hydrogen-bond acceptors (Lipinski definition) is 4. The molecule has 3 N–H and O–H groups in total. The van der Waals surface area contributed by atoms with Crippen molar-refractivity contribution < 1.29 is 19.4 Å². The van der Waals surface area contributed by atoms with Gasteiger partial charge in [-0.3, -0.25) is 10.1 Å². The predicted octanol–water partition coefficient (Wildman–Crippen LogP) is 4.11. The Morgan fingerprint density at radius 3 is 2.58 bits per heavy atom. The van der Waals surface area contributed by atoms with E-state index in [1.165, 1.54) is 6.07 Å². The molecule has 0 unspecified atom stereocenters. The van der Waals surface area contributed by atoms with E-state index in [0.717, 1.165) is 10.0 Å². The Balaban J connectivity index is 1.94. The zero-order valence-corrected chi connectivity index (χ0v) is 17.5. The van der Waals surface area contributed by atoms with Crippen LogP contribution in [0.4, 0.5) is 5.69 Å². The molecule has 0 atom stereocenters. The fraction of sp³-hybridized carbons (Fsp3) is 0.118. The highest BCUT2D eigenvalue weighted by atomic mass is 79.9. The smallest absolute Gasteiger partial charge is 0.337 e. The molecular weight excluding hydrogens is 488 g/mol. The number of halogens is 2. The number of aryl methyl sites for hydroxylation is 1. The third kappa shape index (κ3) is 5.52. The van der Waals surface area contributed by atoms with E-state index >= 15 is 0 Å². The number of aromatic carboxylic acids is 1. The van der Waals surface area contributed by atoms with E-state index in [2.05, 4.69) is 42.5 Å². The topological polar surface area (TPSA) is 87.7 Å². The van der Waals surface area contributed by atoms with Gasteiger partial charge in [-0.05, 0) is 64.9 Å². The van der Waals surface area contributed by atoms with Gasteiger partial charge in [0.2, 0.25) is 0 Å². The number of carbonyl (C=O) groups is 2. The number of benzene rings is 2. The van der Waals surface area contributed by atoms with Crippen LogP contribution in [0.3, 0.4) is 0 Å². The van der Waals surface area contributed by atoms with Gasteiger partial charge in [-0.2, -0.15) is 0 Å². The first-order valence-corrected chi connectivity index (χ1v) is 9.29. The fourth-order valence-corrected chi connectivity index (χ4v) is 3.88. The molecular formula is C17H14Br2N2O4S. The van der Waals surface area contributed by atoms with Crippen molar-refractivity contribution in [3.8, 4) is 5.75 Å². The lowest BCUT2D eigenvalue weighted by Crippen LogP contribution is -2.37. The highest BCUT2D eigenvalue weighted by Crippen LogP contribution is 2.32. The summed E-state index contributed by atoms with van der Waals surface area (Å²) >= 11 is 11.8. The van der Waals surface area contributed by atoms with Crippen LogP contribution in [0.2, 0.25) is 0 Å². The SMILES string of the molecule is Cc1cc(Br)cc(Br)c1OCC(=O)NC(=S)Nc1ccccc1C(=O)O. The molecule has 0 aromatic heterocycles. The van der Waals surface area contributed by atoms with Crippen molar-refractivity contribution in [2.75, 3.05) is 11.9 Å². The van der Waals surface area contributed by atoms with Gasteiger partial charge in [0.1, 0.15) is 5.75 Å². The van der Waals surface area contributed by atoms with Crippen LogP contribution in [0.15, 0.2) is 45.3 Å². The van der Waals surface area contributed by atoms with E-state index in [4.69, 9.17) is 22.1 Å². The maximum absolute atomic E-state index is 12.0. The Labute approximate surface area is 172 Å². The van der Waals surface area contributed by atoms with Gasteiger partial charge < -0.3 is 15.2 Å². The number of hydrogen-bond donors (Lipinski definition) is 3. The summed E-state index contributed by atoms with van der Waals surface area (Å²) in [5, 5.41) is 14.3. The molecule has 0 spiro atoms. The molecule has 0 saturated carbocycles. The third-order valence-electron chi connectivity index (χ3n) is 3.20. The van der Waals surface area contributed by atoms with Crippen molar-refractivity contribution >= 4 is 66.8 Å². The Bertz CT molecular complexity index is 851. The molecule has 6 nitrogen and oxygen atoms in total. The normalized spacial score (nSPS) is 10.1. The number of carbonyl (C=O) groups excluding carboxylic acids is 1. The molecule has 0 radical (unpaired) electrons. The molecule has 0 heterocycles. The van der Waals surface area contributed by atoms with E-state index < -0.39 is 11.9 Å². The second kappa shape index (κ2) is 9.11. The summed E-state index contributed by atoms with van der Waals surface area (Å²) in [5.41, 5.74) is 1.20. The van der Waals surface area contributed by atoms with E-state index in [-0.39, 0.29) is 23.0 Å². The van der Waals surface area contributed by atoms with Crippen molar-refractivity contribution in [1.82, 2.24) is 5.32 Å².